The Bertz CT molecular complexity index is 1680. The fourth-order valence-electron chi connectivity index (χ4n) is 4.94. The van der Waals surface area contributed by atoms with Crippen molar-refractivity contribution in [3.8, 4) is 22.3 Å². The molecule has 0 bridgehead atoms. The standard InChI is InChI=1S/C30H29FN6O2/c1-30(2,3)39-29(38)36-14-12-35(13-15-36)27-9-8-20(16-25(27)31)21-17-33-28-24(18-34-37(28)19-21)22-10-11-32-26-7-5-4-6-23(22)26/h4-11,16-19H,12-15H2,1-3H3. The highest BCUT2D eigenvalue weighted by molar-refractivity contribution is 5.97. The normalized spacial score (nSPS) is 14.3. The lowest BCUT2D eigenvalue weighted by Crippen LogP contribution is -2.50. The molecule has 9 heteroatoms. The summed E-state index contributed by atoms with van der Waals surface area (Å²) in [5.41, 5.74) is 5.00. The van der Waals surface area contributed by atoms with Crippen molar-refractivity contribution in [1.29, 1.82) is 0 Å². The van der Waals surface area contributed by atoms with Crippen LogP contribution in [0.4, 0.5) is 14.9 Å². The summed E-state index contributed by atoms with van der Waals surface area (Å²) in [7, 11) is 0. The summed E-state index contributed by atoms with van der Waals surface area (Å²) < 4.78 is 22.5. The van der Waals surface area contributed by atoms with Gasteiger partial charge in [0.1, 0.15) is 11.4 Å². The van der Waals surface area contributed by atoms with Crippen molar-refractivity contribution in [2.45, 2.75) is 26.4 Å². The van der Waals surface area contributed by atoms with E-state index in [2.05, 4.69) is 10.1 Å². The van der Waals surface area contributed by atoms with Gasteiger partial charge in [0.15, 0.2) is 5.65 Å². The molecule has 5 aromatic rings. The zero-order valence-corrected chi connectivity index (χ0v) is 22.1. The fraction of sp³-hybridized carbons (Fsp3) is 0.267. The van der Waals surface area contributed by atoms with Gasteiger partial charge >= 0.3 is 6.09 Å². The number of para-hydroxylation sites is 1. The topological polar surface area (TPSA) is 75.9 Å². The van der Waals surface area contributed by atoms with E-state index in [-0.39, 0.29) is 11.9 Å². The number of carbonyl (C=O) groups excluding carboxylic acids is 1. The number of piperazine rings is 1. The van der Waals surface area contributed by atoms with Crippen LogP contribution < -0.4 is 4.90 Å². The van der Waals surface area contributed by atoms with E-state index in [0.29, 0.717) is 37.4 Å². The van der Waals surface area contributed by atoms with E-state index in [1.807, 2.05) is 68.3 Å². The van der Waals surface area contributed by atoms with E-state index in [1.54, 1.807) is 34.1 Å². The molecule has 1 aliphatic heterocycles. The molecule has 0 spiro atoms. The first-order valence-electron chi connectivity index (χ1n) is 13.0. The first kappa shape index (κ1) is 24.8. The molecule has 3 aromatic heterocycles. The van der Waals surface area contributed by atoms with Gasteiger partial charge in [-0.15, -0.1) is 0 Å². The summed E-state index contributed by atoms with van der Waals surface area (Å²) in [5, 5.41) is 5.57. The number of carbonyl (C=O) groups is 1. The van der Waals surface area contributed by atoms with Gasteiger partial charge in [0.2, 0.25) is 0 Å². The lowest BCUT2D eigenvalue weighted by atomic mass is 10.0. The van der Waals surface area contributed by atoms with Crippen LogP contribution in [-0.2, 0) is 4.74 Å². The number of hydrogen-bond acceptors (Lipinski definition) is 6. The van der Waals surface area contributed by atoms with E-state index in [1.165, 1.54) is 6.07 Å². The van der Waals surface area contributed by atoms with Crippen molar-refractivity contribution >= 4 is 28.3 Å². The Morgan fingerprint density at radius 3 is 2.49 bits per heavy atom. The Morgan fingerprint density at radius 1 is 0.923 bits per heavy atom. The van der Waals surface area contributed by atoms with Gasteiger partial charge in [-0.05, 0) is 56.2 Å². The van der Waals surface area contributed by atoms with E-state index in [9.17, 15) is 4.79 Å². The average molecular weight is 525 g/mol. The number of aromatic nitrogens is 4. The summed E-state index contributed by atoms with van der Waals surface area (Å²) in [5.74, 6) is -0.317. The number of hydrogen-bond donors (Lipinski definition) is 0. The summed E-state index contributed by atoms with van der Waals surface area (Å²) in [6, 6.07) is 15.2. The quantitative estimate of drug-likeness (QED) is 0.297. The highest BCUT2D eigenvalue weighted by atomic mass is 19.1. The highest BCUT2D eigenvalue weighted by Gasteiger charge is 2.27. The Labute approximate surface area is 225 Å². The van der Waals surface area contributed by atoms with Crippen LogP contribution in [0, 0.1) is 5.82 Å². The minimum absolute atomic E-state index is 0.317. The minimum atomic E-state index is -0.542. The predicted molar refractivity (Wildman–Crippen MR) is 149 cm³/mol. The number of ether oxygens (including phenoxy) is 1. The van der Waals surface area contributed by atoms with Crippen LogP contribution in [0.2, 0.25) is 0 Å². The SMILES string of the molecule is CC(C)(C)OC(=O)N1CCN(c2ccc(-c3cnc4c(-c5ccnc6ccccc56)cnn4c3)cc2F)CC1. The second-order valence-corrected chi connectivity index (χ2v) is 10.7. The Hall–Kier alpha value is -4.53. The third-order valence-electron chi connectivity index (χ3n) is 6.85. The molecule has 198 valence electrons. The van der Waals surface area contributed by atoms with Crippen molar-refractivity contribution in [3.63, 3.8) is 0 Å². The van der Waals surface area contributed by atoms with Crippen LogP contribution in [0.25, 0.3) is 38.8 Å². The predicted octanol–water partition coefficient (Wildman–Crippen LogP) is 5.81. The number of benzene rings is 2. The maximum absolute atomic E-state index is 15.3. The van der Waals surface area contributed by atoms with Crippen LogP contribution in [0.5, 0.6) is 0 Å². The van der Waals surface area contributed by atoms with Gasteiger partial charge in [0, 0.05) is 61.3 Å². The first-order valence-corrected chi connectivity index (χ1v) is 13.0. The lowest BCUT2D eigenvalue weighted by molar-refractivity contribution is 0.0240. The van der Waals surface area contributed by atoms with Crippen LogP contribution in [0.15, 0.2) is 73.3 Å². The largest absolute Gasteiger partial charge is 0.444 e. The number of pyridine rings is 1. The Morgan fingerprint density at radius 2 is 1.72 bits per heavy atom. The zero-order valence-electron chi connectivity index (χ0n) is 22.1. The molecule has 39 heavy (non-hydrogen) atoms. The Kier molecular flexibility index (Phi) is 6.13. The highest BCUT2D eigenvalue weighted by Crippen LogP contribution is 2.32. The van der Waals surface area contributed by atoms with Gasteiger partial charge < -0.3 is 14.5 Å². The fourth-order valence-corrected chi connectivity index (χ4v) is 4.94. The molecule has 0 saturated carbocycles. The van der Waals surface area contributed by atoms with Crippen molar-refractivity contribution in [3.05, 3.63) is 79.1 Å². The van der Waals surface area contributed by atoms with E-state index < -0.39 is 5.60 Å². The number of rotatable bonds is 3. The number of amides is 1. The molecule has 1 fully saturated rings. The van der Waals surface area contributed by atoms with Crippen LogP contribution in [0.1, 0.15) is 20.8 Å². The van der Waals surface area contributed by atoms with Crippen LogP contribution >= 0.6 is 0 Å². The van der Waals surface area contributed by atoms with Crippen LogP contribution in [0.3, 0.4) is 0 Å². The summed E-state index contributed by atoms with van der Waals surface area (Å²) in [6.45, 7) is 7.56. The molecule has 8 nitrogen and oxygen atoms in total. The van der Waals surface area contributed by atoms with E-state index in [4.69, 9.17) is 9.72 Å². The first-order chi connectivity index (χ1) is 18.8. The number of anilines is 1. The van der Waals surface area contributed by atoms with Gasteiger partial charge in [0.05, 0.1) is 17.4 Å². The second-order valence-electron chi connectivity index (χ2n) is 10.7. The molecule has 0 aliphatic carbocycles. The average Bonchev–Trinajstić information content (AvgIpc) is 3.35. The molecular formula is C30H29FN6O2. The molecule has 0 N–H and O–H groups in total. The lowest BCUT2D eigenvalue weighted by Gasteiger charge is -2.36. The minimum Gasteiger partial charge on any atom is -0.444 e. The van der Waals surface area contributed by atoms with Crippen molar-refractivity contribution in [2.24, 2.45) is 0 Å². The maximum Gasteiger partial charge on any atom is 0.410 e. The molecule has 0 atom stereocenters. The van der Waals surface area contributed by atoms with E-state index >= 15 is 4.39 Å². The molecule has 0 unspecified atom stereocenters. The number of halogens is 1. The smallest absolute Gasteiger partial charge is 0.410 e. The molecular weight excluding hydrogens is 495 g/mol. The molecule has 1 aliphatic rings. The molecule has 4 heterocycles. The third kappa shape index (κ3) is 4.87. The number of nitrogens with zero attached hydrogens (tertiary/aromatic N) is 6. The summed E-state index contributed by atoms with van der Waals surface area (Å²) in [6.07, 6.45) is 6.87. The van der Waals surface area contributed by atoms with Gasteiger partial charge in [-0.1, -0.05) is 24.3 Å². The van der Waals surface area contributed by atoms with Gasteiger partial charge in [-0.25, -0.2) is 18.7 Å². The van der Waals surface area contributed by atoms with E-state index in [0.717, 1.165) is 33.2 Å². The van der Waals surface area contributed by atoms with Gasteiger partial charge in [-0.2, -0.15) is 5.10 Å². The molecule has 1 amide bonds. The van der Waals surface area contributed by atoms with Crippen molar-refractivity contribution < 1.29 is 13.9 Å². The molecule has 1 saturated heterocycles. The van der Waals surface area contributed by atoms with Crippen molar-refractivity contribution in [1.82, 2.24) is 24.5 Å². The monoisotopic (exact) mass is 524 g/mol. The van der Waals surface area contributed by atoms with Gasteiger partial charge in [0.25, 0.3) is 0 Å². The van der Waals surface area contributed by atoms with Crippen molar-refractivity contribution in [2.75, 3.05) is 31.1 Å². The molecule has 2 aromatic carbocycles. The summed E-state index contributed by atoms with van der Waals surface area (Å²) >= 11 is 0. The molecule has 0 radical (unpaired) electrons. The zero-order chi connectivity index (χ0) is 27.1. The van der Waals surface area contributed by atoms with Gasteiger partial charge in [-0.3, -0.25) is 4.98 Å². The number of fused-ring (bicyclic) bond motifs is 2. The summed E-state index contributed by atoms with van der Waals surface area (Å²) in [4.78, 5) is 25.1. The second kappa shape index (κ2) is 9.65. The third-order valence-corrected chi connectivity index (χ3v) is 6.85. The Balaban J connectivity index is 1.21. The maximum atomic E-state index is 15.3. The van der Waals surface area contributed by atoms with Crippen LogP contribution in [-0.4, -0.2) is 62.4 Å². The molecule has 6 rings (SSSR count).